The summed E-state index contributed by atoms with van der Waals surface area (Å²) < 4.78 is 1.98. The zero-order valence-corrected chi connectivity index (χ0v) is 13.4. The van der Waals surface area contributed by atoms with E-state index >= 15 is 0 Å². The Hall–Kier alpha value is -3.32. The first-order valence-corrected chi connectivity index (χ1v) is 7.91. The van der Waals surface area contributed by atoms with Gasteiger partial charge in [0.25, 0.3) is 0 Å². The lowest BCUT2D eigenvalue weighted by Gasteiger charge is -2.11. The van der Waals surface area contributed by atoms with E-state index < -0.39 is 0 Å². The first-order valence-electron chi connectivity index (χ1n) is 7.91. The third-order valence-corrected chi connectivity index (χ3v) is 3.84. The van der Waals surface area contributed by atoms with Crippen molar-refractivity contribution < 1.29 is 5.11 Å². The number of anilines is 1. The van der Waals surface area contributed by atoms with E-state index in [9.17, 15) is 0 Å². The summed E-state index contributed by atoms with van der Waals surface area (Å²) in [4.78, 5) is 17.4. The van der Waals surface area contributed by atoms with Gasteiger partial charge in [-0.25, -0.2) is 15.0 Å². The van der Waals surface area contributed by atoms with E-state index in [1.54, 1.807) is 12.4 Å². The number of imidazole rings is 1. The number of nitrogens with zero attached hydrogens (tertiary/aromatic N) is 5. The van der Waals surface area contributed by atoms with Crippen molar-refractivity contribution in [3.63, 3.8) is 0 Å². The second-order valence-corrected chi connectivity index (χ2v) is 5.41. The molecule has 0 fully saturated rings. The van der Waals surface area contributed by atoms with Gasteiger partial charge in [0.15, 0.2) is 5.82 Å². The Labute approximate surface area is 144 Å². The normalized spacial score (nSPS) is 10.9. The van der Waals surface area contributed by atoms with Crippen molar-refractivity contribution in [2.45, 2.75) is 0 Å². The Morgan fingerprint density at radius 1 is 1.00 bits per heavy atom. The van der Waals surface area contributed by atoms with Crippen LogP contribution in [-0.2, 0) is 0 Å². The van der Waals surface area contributed by atoms with Crippen LogP contribution >= 0.6 is 0 Å². The predicted molar refractivity (Wildman–Crippen MR) is 95.5 cm³/mol. The maximum absolute atomic E-state index is 9.04. The first kappa shape index (κ1) is 15.2. The molecule has 3 heterocycles. The second kappa shape index (κ2) is 6.66. The third kappa shape index (κ3) is 2.92. The van der Waals surface area contributed by atoms with E-state index in [2.05, 4.69) is 25.3 Å². The molecule has 7 heteroatoms. The number of benzene rings is 1. The van der Waals surface area contributed by atoms with Crippen LogP contribution in [0, 0.1) is 0 Å². The van der Waals surface area contributed by atoms with Crippen molar-refractivity contribution in [2.75, 3.05) is 18.5 Å². The Kier molecular flexibility index (Phi) is 4.05. The van der Waals surface area contributed by atoms with E-state index in [4.69, 9.17) is 5.11 Å². The summed E-state index contributed by atoms with van der Waals surface area (Å²) in [5.74, 6) is 1.46. The molecule has 0 atom stereocenters. The van der Waals surface area contributed by atoms with E-state index in [1.165, 1.54) is 6.33 Å². The highest BCUT2D eigenvalue weighted by atomic mass is 16.3. The van der Waals surface area contributed by atoms with E-state index in [-0.39, 0.29) is 6.61 Å². The molecule has 0 amide bonds. The molecule has 0 saturated heterocycles. The smallest absolute Gasteiger partial charge is 0.163 e. The fourth-order valence-electron chi connectivity index (χ4n) is 2.71. The average Bonchev–Trinajstić information content (AvgIpc) is 3.16. The predicted octanol–water partition coefficient (Wildman–Crippen LogP) is 2.28. The quantitative estimate of drug-likeness (QED) is 0.583. The molecule has 0 aliphatic heterocycles. The number of aromatic nitrogens is 5. The van der Waals surface area contributed by atoms with Crippen LogP contribution in [0.3, 0.4) is 0 Å². The lowest BCUT2D eigenvalue weighted by atomic mass is 10.2. The maximum atomic E-state index is 9.04. The molecule has 7 nitrogen and oxygen atoms in total. The van der Waals surface area contributed by atoms with Gasteiger partial charge in [-0.3, -0.25) is 9.55 Å². The van der Waals surface area contributed by atoms with Crippen molar-refractivity contribution in [1.82, 2.24) is 24.5 Å². The summed E-state index contributed by atoms with van der Waals surface area (Å²) in [5.41, 5.74) is 2.57. The summed E-state index contributed by atoms with van der Waals surface area (Å²) in [6.45, 7) is 0.469. The highest BCUT2D eigenvalue weighted by Gasteiger charge is 2.11. The van der Waals surface area contributed by atoms with Crippen molar-refractivity contribution in [3.8, 4) is 17.2 Å². The molecular formula is C18H16N6O. The van der Waals surface area contributed by atoms with Crippen LogP contribution in [0.4, 0.5) is 5.82 Å². The minimum absolute atomic E-state index is 0.0382. The van der Waals surface area contributed by atoms with Gasteiger partial charge >= 0.3 is 0 Å². The average molecular weight is 332 g/mol. The van der Waals surface area contributed by atoms with Gasteiger partial charge in [0, 0.05) is 36.2 Å². The molecule has 0 aliphatic rings. The van der Waals surface area contributed by atoms with Crippen LogP contribution < -0.4 is 5.32 Å². The van der Waals surface area contributed by atoms with Gasteiger partial charge in [-0.15, -0.1) is 0 Å². The van der Waals surface area contributed by atoms with Gasteiger partial charge in [-0.1, -0.05) is 6.07 Å². The molecule has 0 unspecified atom stereocenters. The summed E-state index contributed by atoms with van der Waals surface area (Å²) in [5, 5.41) is 13.0. The molecular weight excluding hydrogens is 316 g/mol. The number of hydrogen-bond acceptors (Lipinski definition) is 6. The highest BCUT2D eigenvalue weighted by Crippen LogP contribution is 2.25. The number of aliphatic hydroxyl groups excluding tert-OH is 1. The minimum atomic E-state index is 0.0382. The lowest BCUT2D eigenvalue weighted by molar-refractivity contribution is 0.311. The molecule has 0 bridgehead atoms. The van der Waals surface area contributed by atoms with E-state index in [1.807, 2.05) is 47.2 Å². The number of pyridine rings is 1. The van der Waals surface area contributed by atoms with Gasteiger partial charge in [0.1, 0.15) is 17.8 Å². The molecule has 0 radical (unpaired) electrons. The highest BCUT2D eigenvalue weighted by molar-refractivity contribution is 5.90. The van der Waals surface area contributed by atoms with Crippen molar-refractivity contribution in [1.29, 1.82) is 0 Å². The zero-order valence-electron chi connectivity index (χ0n) is 13.4. The summed E-state index contributed by atoms with van der Waals surface area (Å²) in [6.07, 6.45) is 6.91. The summed E-state index contributed by atoms with van der Waals surface area (Å²) >= 11 is 0. The standard InChI is InChI=1S/C18H16N6O/c25-10-8-20-17-14-11-13(4-5-15(14)22-12-23-17)24-9-7-21-18(24)16-3-1-2-6-19-16/h1-7,9,11-12,25H,8,10H2,(H,20,22,23). The SMILES string of the molecule is OCCNc1ncnc2ccc(-n3ccnc3-c3ccccn3)cc12. The Morgan fingerprint density at radius 3 is 2.80 bits per heavy atom. The number of fused-ring (bicyclic) bond motifs is 1. The molecule has 0 spiro atoms. The van der Waals surface area contributed by atoms with Gasteiger partial charge < -0.3 is 10.4 Å². The summed E-state index contributed by atoms with van der Waals surface area (Å²) in [6, 6.07) is 11.7. The number of nitrogens with one attached hydrogen (secondary N) is 1. The van der Waals surface area contributed by atoms with E-state index in [0.29, 0.717) is 12.4 Å². The van der Waals surface area contributed by atoms with Gasteiger partial charge in [0.05, 0.1) is 12.1 Å². The van der Waals surface area contributed by atoms with Crippen LogP contribution in [0.1, 0.15) is 0 Å². The lowest BCUT2D eigenvalue weighted by Crippen LogP contribution is -2.08. The molecule has 4 rings (SSSR count). The molecule has 4 aromatic rings. The van der Waals surface area contributed by atoms with Gasteiger partial charge in [-0.2, -0.15) is 0 Å². The topological polar surface area (TPSA) is 88.8 Å². The van der Waals surface area contributed by atoms with Gasteiger partial charge in [-0.05, 0) is 30.3 Å². The Balaban J connectivity index is 1.82. The maximum Gasteiger partial charge on any atom is 0.163 e. The summed E-state index contributed by atoms with van der Waals surface area (Å²) in [7, 11) is 0. The van der Waals surface area contributed by atoms with Crippen LogP contribution in [0.2, 0.25) is 0 Å². The molecule has 25 heavy (non-hydrogen) atoms. The fourth-order valence-corrected chi connectivity index (χ4v) is 2.71. The Bertz CT molecular complexity index is 999. The number of aliphatic hydroxyl groups is 1. The fraction of sp³-hybridized carbons (Fsp3) is 0.111. The molecule has 0 aliphatic carbocycles. The van der Waals surface area contributed by atoms with Crippen molar-refractivity contribution in [2.24, 2.45) is 0 Å². The Morgan fingerprint density at radius 2 is 1.96 bits per heavy atom. The van der Waals surface area contributed by atoms with Crippen molar-refractivity contribution >= 4 is 16.7 Å². The monoisotopic (exact) mass is 332 g/mol. The van der Waals surface area contributed by atoms with Crippen LogP contribution in [0.25, 0.3) is 28.1 Å². The molecule has 3 aromatic heterocycles. The van der Waals surface area contributed by atoms with Crippen LogP contribution in [0.15, 0.2) is 61.3 Å². The largest absolute Gasteiger partial charge is 0.395 e. The first-order chi connectivity index (χ1) is 12.4. The molecule has 124 valence electrons. The van der Waals surface area contributed by atoms with Crippen LogP contribution in [-0.4, -0.2) is 42.8 Å². The third-order valence-electron chi connectivity index (χ3n) is 3.84. The molecule has 1 aromatic carbocycles. The zero-order chi connectivity index (χ0) is 17.1. The number of rotatable bonds is 5. The van der Waals surface area contributed by atoms with Crippen molar-refractivity contribution in [3.05, 3.63) is 61.3 Å². The second-order valence-electron chi connectivity index (χ2n) is 5.41. The van der Waals surface area contributed by atoms with Gasteiger partial charge in [0.2, 0.25) is 0 Å². The molecule has 2 N–H and O–H groups in total. The minimum Gasteiger partial charge on any atom is -0.395 e. The number of hydrogen-bond donors (Lipinski definition) is 2. The van der Waals surface area contributed by atoms with E-state index in [0.717, 1.165) is 28.1 Å². The van der Waals surface area contributed by atoms with Crippen LogP contribution in [0.5, 0.6) is 0 Å². The molecule has 0 saturated carbocycles.